The number of aryl methyl sites for hydroxylation is 1. The Balaban J connectivity index is 1.55. The van der Waals surface area contributed by atoms with Gasteiger partial charge in [0.1, 0.15) is 5.75 Å². The quantitative estimate of drug-likeness (QED) is 0.363. The Kier molecular flexibility index (Phi) is 5.96. The van der Waals surface area contributed by atoms with E-state index in [1.165, 1.54) is 22.0 Å². The van der Waals surface area contributed by atoms with Crippen LogP contribution in [0.1, 0.15) is 46.6 Å². The van der Waals surface area contributed by atoms with Crippen LogP contribution in [0.5, 0.6) is 5.75 Å². The second-order valence-corrected chi connectivity index (χ2v) is 9.27. The van der Waals surface area contributed by atoms with Crippen molar-refractivity contribution in [2.45, 2.75) is 59.1 Å². The summed E-state index contributed by atoms with van der Waals surface area (Å²) >= 11 is 0. The van der Waals surface area contributed by atoms with Gasteiger partial charge < -0.3 is 14.6 Å². The summed E-state index contributed by atoms with van der Waals surface area (Å²) in [5.74, 6) is 0.576. The van der Waals surface area contributed by atoms with Gasteiger partial charge in [0.05, 0.1) is 0 Å². The lowest BCUT2D eigenvalue weighted by molar-refractivity contribution is -0.122. The highest BCUT2D eigenvalue weighted by Crippen LogP contribution is 2.31. The average Bonchev–Trinajstić information content (AvgIpc) is 3.10. The van der Waals surface area contributed by atoms with Gasteiger partial charge in [-0.1, -0.05) is 58.0 Å². The molecule has 0 aliphatic carbocycles. The summed E-state index contributed by atoms with van der Waals surface area (Å²) in [6, 6.07) is 22.5. The SMILES string of the molecule is CCC(Oc1ccc(C(C)(C)C)cc1)C(=O)Nc1ccc2c(c1)c1ccccc1n2CC. The van der Waals surface area contributed by atoms with Gasteiger partial charge >= 0.3 is 0 Å². The van der Waals surface area contributed by atoms with Crippen LogP contribution in [0.4, 0.5) is 5.69 Å². The first-order valence-corrected chi connectivity index (χ1v) is 11.4. The van der Waals surface area contributed by atoms with Crippen LogP contribution in [-0.2, 0) is 16.8 Å². The number of nitrogens with one attached hydrogen (secondary N) is 1. The number of nitrogens with zero attached hydrogens (tertiary/aromatic N) is 1. The number of rotatable bonds is 6. The highest BCUT2D eigenvalue weighted by molar-refractivity contribution is 6.10. The maximum Gasteiger partial charge on any atom is 0.265 e. The van der Waals surface area contributed by atoms with E-state index in [9.17, 15) is 4.79 Å². The molecule has 1 aromatic heterocycles. The van der Waals surface area contributed by atoms with Gasteiger partial charge in [-0.05, 0) is 60.7 Å². The van der Waals surface area contributed by atoms with Crippen LogP contribution < -0.4 is 10.1 Å². The van der Waals surface area contributed by atoms with Gasteiger partial charge in [-0.2, -0.15) is 0 Å². The molecule has 3 aromatic carbocycles. The molecule has 0 aliphatic rings. The molecular weight excluding hydrogens is 396 g/mol. The number of carbonyl (C=O) groups is 1. The molecule has 1 heterocycles. The van der Waals surface area contributed by atoms with Crippen LogP contribution in [-0.4, -0.2) is 16.6 Å². The number of anilines is 1. The summed E-state index contributed by atoms with van der Waals surface area (Å²) < 4.78 is 8.33. The molecule has 0 fully saturated rings. The Hall–Kier alpha value is -3.27. The number of aromatic nitrogens is 1. The van der Waals surface area contributed by atoms with Crippen LogP contribution in [0.2, 0.25) is 0 Å². The molecule has 1 N–H and O–H groups in total. The molecule has 4 heteroatoms. The third-order valence-corrected chi connectivity index (χ3v) is 6.02. The standard InChI is InChI=1S/C28H32N2O2/c1-6-26(32-21-15-12-19(13-16-21)28(3,4)5)27(31)29-20-14-17-25-23(18-20)22-10-8-9-11-24(22)30(25)7-2/h8-18,26H,6-7H2,1-5H3,(H,29,31). The third-order valence-electron chi connectivity index (χ3n) is 6.02. The van der Waals surface area contributed by atoms with E-state index in [0.29, 0.717) is 12.2 Å². The topological polar surface area (TPSA) is 43.3 Å². The fraction of sp³-hybridized carbons (Fsp3) is 0.321. The molecule has 1 unspecified atom stereocenters. The van der Waals surface area contributed by atoms with E-state index in [1.54, 1.807) is 0 Å². The molecule has 32 heavy (non-hydrogen) atoms. The highest BCUT2D eigenvalue weighted by Gasteiger charge is 2.20. The lowest BCUT2D eigenvalue weighted by Crippen LogP contribution is -2.32. The van der Waals surface area contributed by atoms with Crippen LogP contribution >= 0.6 is 0 Å². The molecule has 1 atom stereocenters. The van der Waals surface area contributed by atoms with E-state index in [0.717, 1.165) is 17.6 Å². The molecule has 0 saturated carbocycles. The summed E-state index contributed by atoms with van der Waals surface area (Å²) in [6.07, 6.45) is 0.0349. The number of hydrogen-bond acceptors (Lipinski definition) is 2. The minimum absolute atomic E-state index is 0.0829. The summed E-state index contributed by atoms with van der Waals surface area (Å²) in [6.45, 7) is 11.6. The zero-order chi connectivity index (χ0) is 22.9. The molecule has 166 valence electrons. The van der Waals surface area contributed by atoms with Crippen molar-refractivity contribution in [2.75, 3.05) is 5.32 Å². The Morgan fingerprint density at radius 2 is 1.62 bits per heavy atom. The van der Waals surface area contributed by atoms with Gasteiger partial charge in [0.15, 0.2) is 6.10 Å². The molecule has 0 aliphatic heterocycles. The number of amides is 1. The van der Waals surface area contributed by atoms with Gasteiger partial charge in [0.2, 0.25) is 0 Å². The van der Waals surface area contributed by atoms with Gasteiger partial charge in [-0.25, -0.2) is 0 Å². The molecular formula is C28H32N2O2. The van der Waals surface area contributed by atoms with Crippen molar-refractivity contribution in [1.29, 1.82) is 0 Å². The average molecular weight is 429 g/mol. The molecule has 4 aromatic rings. The minimum Gasteiger partial charge on any atom is -0.481 e. The number of ether oxygens (including phenoxy) is 1. The highest BCUT2D eigenvalue weighted by atomic mass is 16.5. The maximum absolute atomic E-state index is 13.0. The van der Waals surface area contributed by atoms with E-state index < -0.39 is 6.10 Å². The number of fused-ring (bicyclic) bond motifs is 3. The number of para-hydroxylation sites is 1. The first-order chi connectivity index (χ1) is 15.3. The smallest absolute Gasteiger partial charge is 0.265 e. The van der Waals surface area contributed by atoms with Gasteiger partial charge in [0.25, 0.3) is 5.91 Å². The van der Waals surface area contributed by atoms with Crippen molar-refractivity contribution in [3.63, 3.8) is 0 Å². The predicted octanol–water partition coefficient (Wildman–Crippen LogP) is 6.91. The Morgan fingerprint density at radius 3 is 2.28 bits per heavy atom. The number of carbonyl (C=O) groups excluding carboxylic acids is 1. The summed E-state index contributed by atoms with van der Waals surface area (Å²) in [4.78, 5) is 13.0. The van der Waals surface area contributed by atoms with Crippen molar-refractivity contribution in [3.8, 4) is 5.75 Å². The fourth-order valence-corrected chi connectivity index (χ4v) is 4.21. The van der Waals surface area contributed by atoms with E-state index in [1.807, 2.05) is 25.1 Å². The van der Waals surface area contributed by atoms with Crippen LogP contribution in [0.15, 0.2) is 66.7 Å². The summed E-state index contributed by atoms with van der Waals surface area (Å²) in [5, 5.41) is 5.40. The van der Waals surface area contributed by atoms with Crippen molar-refractivity contribution < 1.29 is 9.53 Å². The zero-order valence-corrected chi connectivity index (χ0v) is 19.6. The molecule has 4 rings (SSSR count). The minimum atomic E-state index is -0.553. The second kappa shape index (κ2) is 8.70. The first-order valence-electron chi connectivity index (χ1n) is 11.4. The predicted molar refractivity (Wildman–Crippen MR) is 134 cm³/mol. The van der Waals surface area contributed by atoms with E-state index >= 15 is 0 Å². The molecule has 0 radical (unpaired) electrons. The zero-order valence-electron chi connectivity index (χ0n) is 19.6. The van der Waals surface area contributed by atoms with Gasteiger partial charge in [-0.3, -0.25) is 4.79 Å². The number of hydrogen-bond donors (Lipinski definition) is 1. The van der Waals surface area contributed by atoms with Crippen molar-refractivity contribution >= 4 is 33.4 Å². The Bertz CT molecular complexity index is 1250. The van der Waals surface area contributed by atoms with Crippen LogP contribution in [0, 0.1) is 0 Å². The second-order valence-electron chi connectivity index (χ2n) is 9.27. The molecule has 0 bridgehead atoms. The first kappa shape index (κ1) is 21.9. The lowest BCUT2D eigenvalue weighted by atomic mass is 9.87. The van der Waals surface area contributed by atoms with Crippen LogP contribution in [0.25, 0.3) is 21.8 Å². The van der Waals surface area contributed by atoms with E-state index in [2.05, 4.69) is 86.1 Å². The summed E-state index contributed by atoms with van der Waals surface area (Å²) in [5.41, 5.74) is 4.49. The van der Waals surface area contributed by atoms with E-state index in [-0.39, 0.29) is 11.3 Å². The lowest BCUT2D eigenvalue weighted by Gasteiger charge is -2.21. The van der Waals surface area contributed by atoms with Crippen molar-refractivity contribution in [2.24, 2.45) is 0 Å². The molecule has 0 spiro atoms. The normalized spacial score (nSPS) is 12.8. The largest absolute Gasteiger partial charge is 0.481 e. The van der Waals surface area contributed by atoms with Gasteiger partial charge in [-0.15, -0.1) is 0 Å². The maximum atomic E-state index is 13.0. The third kappa shape index (κ3) is 4.22. The molecule has 0 saturated heterocycles. The molecule has 1 amide bonds. The monoisotopic (exact) mass is 428 g/mol. The molecule has 4 nitrogen and oxygen atoms in total. The number of benzene rings is 3. The van der Waals surface area contributed by atoms with Crippen LogP contribution in [0.3, 0.4) is 0 Å². The fourth-order valence-electron chi connectivity index (χ4n) is 4.21. The Morgan fingerprint density at radius 1 is 0.938 bits per heavy atom. The van der Waals surface area contributed by atoms with Crippen molar-refractivity contribution in [3.05, 3.63) is 72.3 Å². The van der Waals surface area contributed by atoms with E-state index in [4.69, 9.17) is 4.74 Å². The van der Waals surface area contributed by atoms with Crippen molar-refractivity contribution in [1.82, 2.24) is 4.57 Å². The summed E-state index contributed by atoms with van der Waals surface area (Å²) in [7, 11) is 0. The Labute approximate surface area is 190 Å². The van der Waals surface area contributed by atoms with Gasteiger partial charge in [0, 0.05) is 34.0 Å².